The van der Waals surface area contributed by atoms with Gasteiger partial charge in [0.05, 0.1) is 17.0 Å². The number of likely N-dealkylation sites (tertiary alicyclic amines) is 1. The van der Waals surface area contributed by atoms with Gasteiger partial charge in [0.25, 0.3) is 5.91 Å². The van der Waals surface area contributed by atoms with Crippen LogP contribution >= 0.6 is 0 Å². The van der Waals surface area contributed by atoms with Crippen molar-refractivity contribution in [1.29, 1.82) is 0 Å². The summed E-state index contributed by atoms with van der Waals surface area (Å²) >= 11 is 0. The van der Waals surface area contributed by atoms with Crippen LogP contribution in [0, 0.1) is 6.92 Å². The van der Waals surface area contributed by atoms with Crippen molar-refractivity contribution in [2.75, 3.05) is 32.7 Å². The van der Waals surface area contributed by atoms with Gasteiger partial charge in [0.15, 0.2) is 0 Å². The molecule has 0 radical (unpaired) electrons. The second-order valence-electron chi connectivity index (χ2n) is 6.03. The fourth-order valence-electron chi connectivity index (χ4n) is 2.91. The van der Waals surface area contributed by atoms with Gasteiger partial charge < -0.3 is 9.80 Å². The fourth-order valence-corrected chi connectivity index (χ4v) is 2.91. The van der Waals surface area contributed by atoms with Crippen molar-refractivity contribution in [3.63, 3.8) is 0 Å². The van der Waals surface area contributed by atoms with Gasteiger partial charge in [-0.2, -0.15) is 10.2 Å². The van der Waals surface area contributed by atoms with Crippen molar-refractivity contribution in [2.24, 2.45) is 0 Å². The Morgan fingerprint density at radius 2 is 1.95 bits per heavy atom. The van der Waals surface area contributed by atoms with E-state index in [0.29, 0.717) is 5.56 Å². The Bertz CT molecular complexity index is 497. The molecule has 1 aromatic rings. The van der Waals surface area contributed by atoms with Crippen LogP contribution in [0.3, 0.4) is 0 Å². The quantitative estimate of drug-likeness (QED) is 0.775. The van der Waals surface area contributed by atoms with Crippen LogP contribution < -0.4 is 0 Å². The molecule has 1 aliphatic heterocycles. The van der Waals surface area contributed by atoms with E-state index in [1.54, 1.807) is 0 Å². The van der Waals surface area contributed by atoms with Crippen LogP contribution in [-0.4, -0.2) is 58.6 Å². The highest BCUT2D eigenvalue weighted by atomic mass is 16.2. The van der Waals surface area contributed by atoms with Crippen molar-refractivity contribution >= 4 is 5.91 Å². The van der Waals surface area contributed by atoms with E-state index in [0.717, 1.165) is 43.9 Å². The largest absolute Gasteiger partial charge is 0.337 e. The lowest BCUT2D eigenvalue weighted by Gasteiger charge is -2.25. The molecule has 5 nitrogen and oxygen atoms in total. The Morgan fingerprint density at radius 1 is 1.23 bits per heavy atom. The van der Waals surface area contributed by atoms with E-state index in [4.69, 9.17) is 0 Å². The summed E-state index contributed by atoms with van der Waals surface area (Å²) in [5, 5.41) is 8.27. The number of aromatic nitrogens is 2. The number of carbonyl (C=O) groups excluding carboxylic acids is 1. The van der Waals surface area contributed by atoms with Crippen molar-refractivity contribution in [3.8, 4) is 0 Å². The molecule has 0 saturated carbocycles. The lowest BCUT2D eigenvalue weighted by Crippen LogP contribution is -2.38. The van der Waals surface area contributed by atoms with Crippen LogP contribution in [0.25, 0.3) is 0 Å². The lowest BCUT2D eigenvalue weighted by atomic mass is 10.1. The minimum Gasteiger partial charge on any atom is -0.337 e. The molecule has 1 aromatic heterocycles. The third kappa shape index (κ3) is 4.26. The number of carbonyl (C=O) groups is 1. The second kappa shape index (κ2) is 8.22. The summed E-state index contributed by atoms with van der Waals surface area (Å²) in [5.41, 5.74) is 2.32. The third-order valence-corrected chi connectivity index (χ3v) is 4.29. The summed E-state index contributed by atoms with van der Waals surface area (Å²) in [4.78, 5) is 17.3. The van der Waals surface area contributed by atoms with Crippen LogP contribution in [0.5, 0.6) is 0 Å². The van der Waals surface area contributed by atoms with Gasteiger partial charge >= 0.3 is 0 Å². The molecule has 1 saturated heterocycles. The first-order chi connectivity index (χ1) is 10.7. The molecule has 2 rings (SSSR count). The molecule has 2 heterocycles. The Balaban J connectivity index is 2.07. The molecule has 0 bridgehead atoms. The maximum absolute atomic E-state index is 12.9. The normalized spacial score (nSPS) is 15.2. The van der Waals surface area contributed by atoms with Crippen LogP contribution in [0.1, 0.15) is 54.9 Å². The van der Waals surface area contributed by atoms with Crippen LogP contribution in [0.2, 0.25) is 0 Å². The minimum absolute atomic E-state index is 0.100. The van der Waals surface area contributed by atoms with Crippen molar-refractivity contribution in [3.05, 3.63) is 23.0 Å². The standard InChI is InChI=1S/C17H28N4O/c1-4-8-21(12-11-20-9-6-7-10-20)17(22)16-13-15(5-2)19-18-14(16)3/h13H,4-12H2,1-3H3. The van der Waals surface area contributed by atoms with Gasteiger partial charge in [0, 0.05) is 19.6 Å². The lowest BCUT2D eigenvalue weighted by molar-refractivity contribution is 0.0738. The first-order valence-corrected chi connectivity index (χ1v) is 8.50. The first kappa shape index (κ1) is 16.9. The zero-order valence-electron chi connectivity index (χ0n) is 14.1. The molecule has 22 heavy (non-hydrogen) atoms. The summed E-state index contributed by atoms with van der Waals surface area (Å²) < 4.78 is 0. The molecule has 0 spiro atoms. The topological polar surface area (TPSA) is 49.3 Å². The van der Waals surface area contributed by atoms with Gasteiger partial charge in [0.2, 0.25) is 0 Å². The van der Waals surface area contributed by atoms with Crippen molar-refractivity contribution < 1.29 is 4.79 Å². The van der Waals surface area contributed by atoms with Gasteiger partial charge in [-0.25, -0.2) is 0 Å². The molecule has 5 heteroatoms. The number of hydrogen-bond donors (Lipinski definition) is 0. The fraction of sp³-hybridized carbons (Fsp3) is 0.706. The van der Waals surface area contributed by atoms with Crippen molar-refractivity contribution in [1.82, 2.24) is 20.0 Å². The van der Waals surface area contributed by atoms with Gasteiger partial charge in [-0.1, -0.05) is 13.8 Å². The van der Waals surface area contributed by atoms with E-state index in [1.807, 2.05) is 24.8 Å². The SMILES string of the molecule is CCCN(CCN1CCCC1)C(=O)c1cc(CC)nnc1C. The molecule has 1 fully saturated rings. The van der Waals surface area contributed by atoms with Crippen molar-refractivity contribution in [2.45, 2.75) is 46.5 Å². The number of rotatable bonds is 7. The molecule has 0 N–H and O–H groups in total. The van der Waals surface area contributed by atoms with E-state index in [9.17, 15) is 4.79 Å². The summed E-state index contributed by atoms with van der Waals surface area (Å²) in [6.07, 6.45) is 4.35. The molecule has 0 aliphatic carbocycles. The smallest absolute Gasteiger partial charge is 0.255 e. The summed E-state index contributed by atoms with van der Waals surface area (Å²) in [6, 6.07) is 1.91. The maximum atomic E-state index is 12.9. The highest BCUT2D eigenvalue weighted by molar-refractivity contribution is 5.95. The molecule has 0 aromatic carbocycles. The summed E-state index contributed by atoms with van der Waals surface area (Å²) in [6.45, 7) is 10.9. The minimum atomic E-state index is 0.100. The second-order valence-corrected chi connectivity index (χ2v) is 6.03. The van der Waals surface area contributed by atoms with E-state index < -0.39 is 0 Å². The average molecular weight is 304 g/mol. The predicted molar refractivity (Wildman–Crippen MR) is 88.0 cm³/mol. The van der Waals surface area contributed by atoms with E-state index in [1.165, 1.54) is 25.9 Å². The number of hydrogen-bond acceptors (Lipinski definition) is 4. The summed E-state index contributed by atoms with van der Waals surface area (Å²) in [5.74, 6) is 0.100. The average Bonchev–Trinajstić information content (AvgIpc) is 3.04. The Morgan fingerprint density at radius 3 is 2.59 bits per heavy atom. The molecule has 122 valence electrons. The van der Waals surface area contributed by atoms with Crippen LogP contribution in [0.15, 0.2) is 6.07 Å². The third-order valence-electron chi connectivity index (χ3n) is 4.29. The zero-order chi connectivity index (χ0) is 15.9. The van der Waals surface area contributed by atoms with E-state index in [-0.39, 0.29) is 5.91 Å². The Kier molecular flexibility index (Phi) is 6.31. The highest BCUT2D eigenvalue weighted by Crippen LogP contribution is 2.12. The Hall–Kier alpha value is -1.49. The molecule has 1 aliphatic rings. The van der Waals surface area contributed by atoms with Crippen LogP contribution in [-0.2, 0) is 6.42 Å². The number of aryl methyl sites for hydroxylation is 2. The molecule has 1 amide bonds. The first-order valence-electron chi connectivity index (χ1n) is 8.50. The maximum Gasteiger partial charge on any atom is 0.255 e. The highest BCUT2D eigenvalue weighted by Gasteiger charge is 2.20. The molecule has 0 unspecified atom stereocenters. The van der Waals surface area contributed by atoms with Crippen LogP contribution in [0.4, 0.5) is 0 Å². The molecular weight excluding hydrogens is 276 g/mol. The van der Waals surface area contributed by atoms with Gasteiger partial charge in [-0.3, -0.25) is 4.79 Å². The van der Waals surface area contributed by atoms with E-state index >= 15 is 0 Å². The monoisotopic (exact) mass is 304 g/mol. The van der Waals surface area contributed by atoms with Gasteiger partial charge in [0.1, 0.15) is 0 Å². The molecule has 0 atom stereocenters. The zero-order valence-corrected chi connectivity index (χ0v) is 14.1. The van der Waals surface area contributed by atoms with E-state index in [2.05, 4.69) is 22.0 Å². The Labute approximate surface area is 133 Å². The number of nitrogens with zero attached hydrogens (tertiary/aromatic N) is 4. The van der Waals surface area contributed by atoms with Gasteiger partial charge in [-0.05, 0) is 51.8 Å². The predicted octanol–water partition coefficient (Wildman–Crippen LogP) is 2.30. The molecular formula is C17H28N4O. The number of amides is 1. The summed E-state index contributed by atoms with van der Waals surface area (Å²) in [7, 11) is 0. The van der Waals surface area contributed by atoms with Gasteiger partial charge in [-0.15, -0.1) is 0 Å².